The molecule has 0 atom stereocenters. The predicted molar refractivity (Wildman–Crippen MR) is 98.0 cm³/mol. The summed E-state index contributed by atoms with van der Waals surface area (Å²) in [6.45, 7) is 2.98. The highest BCUT2D eigenvalue weighted by molar-refractivity contribution is 7.94. The summed E-state index contributed by atoms with van der Waals surface area (Å²) < 4.78 is 36.7. The summed E-state index contributed by atoms with van der Waals surface area (Å²) in [5, 5.41) is 1.63. The summed E-state index contributed by atoms with van der Waals surface area (Å²) >= 11 is 1.04. The van der Waals surface area contributed by atoms with Gasteiger partial charge in [0.25, 0.3) is 10.0 Å². The average Bonchev–Trinajstić information content (AvgIpc) is 3.15. The lowest BCUT2D eigenvalue weighted by Crippen LogP contribution is -2.36. The molecule has 0 saturated heterocycles. The first-order valence-electron chi connectivity index (χ1n) is 7.72. The summed E-state index contributed by atoms with van der Waals surface area (Å²) in [4.78, 5) is 23.9. The standard InChI is InChI=1S/C17H19NO6S2/c1-4-24-17(20)13-7-5-8-14(12(13)2)18(11-15(19)23-3)26(21,22)16-9-6-10-25-16/h5-10H,4,11H2,1-3H3. The molecule has 2 rings (SSSR count). The third kappa shape index (κ3) is 4.05. The maximum absolute atomic E-state index is 13.0. The van der Waals surface area contributed by atoms with Crippen LogP contribution < -0.4 is 4.31 Å². The number of carbonyl (C=O) groups is 2. The Hall–Kier alpha value is -2.39. The Morgan fingerprint density at radius 2 is 1.92 bits per heavy atom. The molecule has 1 aromatic carbocycles. The van der Waals surface area contributed by atoms with E-state index >= 15 is 0 Å². The molecule has 0 aliphatic carbocycles. The molecule has 0 bridgehead atoms. The molecule has 0 saturated carbocycles. The van der Waals surface area contributed by atoms with Gasteiger partial charge in [-0.25, -0.2) is 13.2 Å². The fraction of sp³-hybridized carbons (Fsp3) is 0.294. The Morgan fingerprint density at radius 1 is 1.19 bits per heavy atom. The molecule has 1 aromatic heterocycles. The van der Waals surface area contributed by atoms with Gasteiger partial charge < -0.3 is 9.47 Å². The lowest BCUT2D eigenvalue weighted by molar-refractivity contribution is -0.138. The molecule has 0 radical (unpaired) electrons. The largest absolute Gasteiger partial charge is 0.468 e. The van der Waals surface area contributed by atoms with E-state index in [0.29, 0.717) is 5.56 Å². The molecule has 0 aliphatic rings. The number of carbonyl (C=O) groups excluding carboxylic acids is 2. The molecule has 0 spiro atoms. The van der Waals surface area contributed by atoms with E-state index in [4.69, 9.17) is 4.74 Å². The van der Waals surface area contributed by atoms with Crippen molar-refractivity contribution < 1.29 is 27.5 Å². The molecular formula is C17H19NO6S2. The zero-order valence-corrected chi connectivity index (χ0v) is 16.2. The van der Waals surface area contributed by atoms with Crippen LogP contribution in [0, 0.1) is 6.92 Å². The first-order valence-corrected chi connectivity index (χ1v) is 10.0. The topological polar surface area (TPSA) is 90.0 Å². The van der Waals surface area contributed by atoms with Gasteiger partial charge in [-0.2, -0.15) is 0 Å². The van der Waals surface area contributed by atoms with Gasteiger partial charge in [0.05, 0.1) is 25.0 Å². The number of benzene rings is 1. The third-order valence-electron chi connectivity index (χ3n) is 3.61. The van der Waals surface area contributed by atoms with Gasteiger partial charge >= 0.3 is 11.9 Å². The van der Waals surface area contributed by atoms with Crippen LogP contribution in [0.1, 0.15) is 22.8 Å². The van der Waals surface area contributed by atoms with Crippen molar-refractivity contribution in [2.75, 3.05) is 24.6 Å². The number of thiophene rings is 1. The predicted octanol–water partition coefficient (Wildman–Crippen LogP) is 2.60. The fourth-order valence-corrected chi connectivity index (χ4v) is 4.90. The lowest BCUT2D eigenvalue weighted by Gasteiger charge is -2.25. The van der Waals surface area contributed by atoms with Crippen molar-refractivity contribution >= 4 is 39.0 Å². The van der Waals surface area contributed by atoms with Gasteiger partial charge in [0.1, 0.15) is 10.8 Å². The second-order valence-electron chi connectivity index (χ2n) is 5.19. The average molecular weight is 397 g/mol. The van der Waals surface area contributed by atoms with E-state index in [-0.39, 0.29) is 22.1 Å². The van der Waals surface area contributed by atoms with E-state index in [2.05, 4.69) is 4.74 Å². The number of rotatable bonds is 7. The smallest absolute Gasteiger partial charge is 0.338 e. The second kappa shape index (κ2) is 8.33. The van der Waals surface area contributed by atoms with Crippen LogP contribution in [0.25, 0.3) is 0 Å². The Morgan fingerprint density at radius 3 is 2.50 bits per heavy atom. The van der Waals surface area contributed by atoms with Crippen molar-refractivity contribution in [3.63, 3.8) is 0 Å². The Bertz CT molecular complexity index is 890. The Kier molecular flexibility index (Phi) is 6.38. The summed E-state index contributed by atoms with van der Waals surface area (Å²) in [7, 11) is -2.81. The Balaban J connectivity index is 2.58. The van der Waals surface area contributed by atoms with Crippen LogP contribution in [0.4, 0.5) is 5.69 Å². The maximum atomic E-state index is 13.0. The minimum atomic E-state index is -3.99. The summed E-state index contributed by atoms with van der Waals surface area (Å²) in [5.74, 6) is -1.27. The first-order chi connectivity index (χ1) is 12.3. The van der Waals surface area contributed by atoms with E-state index in [1.54, 1.807) is 37.4 Å². The van der Waals surface area contributed by atoms with Gasteiger partial charge in [0.15, 0.2) is 0 Å². The van der Waals surface area contributed by atoms with E-state index in [9.17, 15) is 18.0 Å². The van der Waals surface area contributed by atoms with Crippen molar-refractivity contribution in [3.8, 4) is 0 Å². The van der Waals surface area contributed by atoms with Crippen LogP contribution in [-0.2, 0) is 24.3 Å². The van der Waals surface area contributed by atoms with Gasteiger partial charge in [-0.3, -0.25) is 9.10 Å². The molecule has 0 N–H and O–H groups in total. The zero-order chi connectivity index (χ0) is 19.3. The number of nitrogens with zero attached hydrogens (tertiary/aromatic N) is 1. The quantitative estimate of drug-likeness (QED) is 0.667. The fourth-order valence-electron chi connectivity index (χ4n) is 2.32. The number of hydrogen-bond donors (Lipinski definition) is 0. The SMILES string of the molecule is CCOC(=O)c1cccc(N(CC(=O)OC)S(=O)(=O)c2cccs2)c1C. The van der Waals surface area contributed by atoms with Crippen LogP contribution >= 0.6 is 11.3 Å². The highest BCUT2D eigenvalue weighted by atomic mass is 32.2. The summed E-state index contributed by atoms with van der Waals surface area (Å²) in [6.07, 6.45) is 0. The maximum Gasteiger partial charge on any atom is 0.338 e. The molecule has 0 fully saturated rings. The Labute approximate surface area is 156 Å². The van der Waals surface area contributed by atoms with Crippen molar-refractivity contribution in [2.45, 2.75) is 18.1 Å². The van der Waals surface area contributed by atoms with Crippen molar-refractivity contribution in [3.05, 3.63) is 46.8 Å². The van der Waals surface area contributed by atoms with E-state index in [0.717, 1.165) is 15.6 Å². The normalized spacial score (nSPS) is 11.0. The number of esters is 2. The molecule has 140 valence electrons. The highest BCUT2D eigenvalue weighted by Crippen LogP contribution is 2.30. The molecule has 9 heteroatoms. The van der Waals surface area contributed by atoms with Crippen LogP contribution in [0.5, 0.6) is 0 Å². The molecular weight excluding hydrogens is 378 g/mol. The second-order valence-corrected chi connectivity index (χ2v) is 8.23. The monoisotopic (exact) mass is 397 g/mol. The van der Waals surface area contributed by atoms with E-state index in [1.807, 2.05) is 0 Å². The number of anilines is 1. The van der Waals surface area contributed by atoms with Gasteiger partial charge in [-0.15, -0.1) is 11.3 Å². The number of ether oxygens (including phenoxy) is 2. The molecule has 0 amide bonds. The van der Waals surface area contributed by atoms with E-state index < -0.39 is 28.5 Å². The summed E-state index contributed by atoms with van der Waals surface area (Å²) in [6, 6.07) is 7.68. The summed E-state index contributed by atoms with van der Waals surface area (Å²) in [5.41, 5.74) is 0.852. The zero-order valence-electron chi connectivity index (χ0n) is 14.6. The molecule has 0 aliphatic heterocycles. The minimum absolute atomic E-state index is 0.0855. The molecule has 1 heterocycles. The molecule has 7 nitrogen and oxygen atoms in total. The molecule has 2 aromatic rings. The number of methoxy groups -OCH3 is 1. The minimum Gasteiger partial charge on any atom is -0.468 e. The van der Waals surface area contributed by atoms with Crippen molar-refractivity contribution in [2.24, 2.45) is 0 Å². The van der Waals surface area contributed by atoms with Gasteiger partial charge in [0, 0.05) is 0 Å². The van der Waals surface area contributed by atoms with Crippen LogP contribution in [0.2, 0.25) is 0 Å². The van der Waals surface area contributed by atoms with Crippen molar-refractivity contribution in [1.82, 2.24) is 0 Å². The van der Waals surface area contributed by atoms with Gasteiger partial charge in [0.2, 0.25) is 0 Å². The van der Waals surface area contributed by atoms with Crippen LogP contribution in [0.3, 0.4) is 0 Å². The van der Waals surface area contributed by atoms with Crippen LogP contribution in [-0.4, -0.2) is 40.6 Å². The van der Waals surface area contributed by atoms with Gasteiger partial charge in [-0.05, 0) is 43.0 Å². The molecule has 26 heavy (non-hydrogen) atoms. The van der Waals surface area contributed by atoms with Crippen LogP contribution in [0.15, 0.2) is 39.9 Å². The lowest BCUT2D eigenvalue weighted by atomic mass is 10.1. The van der Waals surface area contributed by atoms with Crippen molar-refractivity contribution in [1.29, 1.82) is 0 Å². The first kappa shape index (κ1) is 19.9. The highest BCUT2D eigenvalue weighted by Gasteiger charge is 2.30. The molecule has 0 unspecified atom stereocenters. The van der Waals surface area contributed by atoms with E-state index in [1.165, 1.54) is 19.2 Å². The van der Waals surface area contributed by atoms with Gasteiger partial charge in [-0.1, -0.05) is 12.1 Å². The third-order valence-corrected chi connectivity index (χ3v) is 6.74. The number of hydrogen-bond acceptors (Lipinski definition) is 7. The number of sulfonamides is 1.